The third-order valence-electron chi connectivity index (χ3n) is 4.28. The average molecular weight is 339 g/mol. The molecule has 1 atom stereocenters. The van der Waals surface area contributed by atoms with Gasteiger partial charge in [-0.15, -0.1) is 0 Å². The van der Waals surface area contributed by atoms with Crippen molar-refractivity contribution < 1.29 is 22.7 Å². The SMILES string of the molecule is O=C(CCC1CCS(=O)(=O)C1)NCCc1ccc2c(c1)OCO2. The molecule has 0 saturated carbocycles. The molecule has 6 nitrogen and oxygen atoms in total. The van der Waals surface area contributed by atoms with Gasteiger partial charge >= 0.3 is 0 Å². The van der Waals surface area contributed by atoms with E-state index in [1.807, 2.05) is 18.2 Å². The van der Waals surface area contributed by atoms with Gasteiger partial charge in [-0.1, -0.05) is 6.07 Å². The second-order valence-corrected chi connectivity index (χ2v) is 8.32. The molecule has 2 aliphatic heterocycles. The summed E-state index contributed by atoms with van der Waals surface area (Å²) in [6.45, 7) is 0.813. The molecule has 0 spiro atoms. The number of fused-ring (bicyclic) bond motifs is 1. The molecule has 0 aromatic heterocycles. The Labute approximate surface area is 136 Å². The Hall–Kier alpha value is -1.76. The molecule has 0 aliphatic carbocycles. The summed E-state index contributed by atoms with van der Waals surface area (Å²) in [5.74, 6) is 2.12. The van der Waals surface area contributed by atoms with Crippen LogP contribution in [0.4, 0.5) is 0 Å². The highest BCUT2D eigenvalue weighted by molar-refractivity contribution is 7.91. The summed E-state index contributed by atoms with van der Waals surface area (Å²) in [5.41, 5.74) is 1.08. The van der Waals surface area contributed by atoms with E-state index in [1.54, 1.807) is 0 Å². The maximum absolute atomic E-state index is 11.8. The van der Waals surface area contributed by atoms with Crippen LogP contribution < -0.4 is 14.8 Å². The van der Waals surface area contributed by atoms with Crippen molar-refractivity contribution >= 4 is 15.7 Å². The van der Waals surface area contributed by atoms with Gasteiger partial charge in [0.25, 0.3) is 0 Å². The largest absolute Gasteiger partial charge is 0.454 e. The molecule has 0 radical (unpaired) electrons. The predicted molar refractivity (Wildman–Crippen MR) is 85.3 cm³/mol. The van der Waals surface area contributed by atoms with Crippen molar-refractivity contribution in [3.8, 4) is 11.5 Å². The minimum absolute atomic E-state index is 0.0185. The second kappa shape index (κ2) is 6.78. The number of nitrogens with one attached hydrogen (secondary N) is 1. The predicted octanol–water partition coefficient (Wildman–Crippen LogP) is 1.29. The first-order chi connectivity index (χ1) is 11.0. The zero-order valence-corrected chi connectivity index (χ0v) is 13.7. The van der Waals surface area contributed by atoms with Crippen LogP contribution in [0.2, 0.25) is 0 Å². The zero-order chi connectivity index (χ0) is 16.3. The van der Waals surface area contributed by atoms with Gasteiger partial charge in [0.1, 0.15) is 0 Å². The van der Waals surface area contributed by atoms with Crippen LogP contribution >= 0.6 is 0 Å². The lowest BCUT2D eigenvalue weighted by atomic mass is 10.0. The van der Waals surface area contributed by atoms with Gasteiger partial charge in [-0.3, -0.25) is 4.79 Å². The highest BCUT2D eigenvalue weighted by atomic mass is 32.2. The first-order valence-corrected chi connectivity index (χ1v) is 9.70. The van der Waals surface area contributed by atoms with E-state index < -0.39 is 9.84 Å². The van der Waals surface area contributed by atoms with Gasteiger partial charge in [0.15, 0.2) is 21.3 Å². The maximum atomic E-state index is 11.8. The first kappa shape index (κ1) is 16.1. The van der Waals surface area contributed by atoms with E-state index in [0.717, 1.165) is 23.5 Å². The number of ether oxygens (including phenoxy) is 2. The topological polar surface area (TPSA) is 81.7 Å². The third kappa shape index (κ3) is 4.37. The Morgan fingerprint density at radius 3 is 2.87 bits per heavy atom. The van der Waals surface area contributed by atoms with Crippen LogP contribution in [-0.2, 0) is 21.1 Å². The number of benzene rings is 1. The smallest absolute Gasteiger partial charge is 0.231 e. The monoisotopic (exact) mass is 339 g/mol. The second-order valence-electron chi connectivity index (χ2n) is 6.10. The summed E-state index contributed by atoms with van der Waals surface area (Å²) < 4.78 is 33.3. The zero-order valence-electron chi connectivity index (χ0n) is 12.9. The van der Waals surface area contributed by atoms with Gasteiger partial charge in [0.2, 0.25) is 12.7 Å². The average Bonchev–Trinajstić information content (AvgIpc) is 3.10. The molecule has 1 aromatic carbocycles. The number of rotatable bonds is 6. The van der Waals surface area contributed by atoms with E-state index in [1.165, 1.54) is 0 Å². The summed E-state index contributed by atoms with van der Waals surface area (Å²) in [6.07, 6.45) is 2.45. The summed E-state index contributed by atoms with van der Waals surface area (Å²) in [7, 11) is -2.86. The van der Waals surface area contributed by atoms with Crippen LogP contribution in [0, 0.1) is 5.92 Å². The van der Waals surface area contributed by atoms with E-state index in [2.05, 4.69) is 5.32 Å². The van der Waals surface area contributed by atoms with Crippen molar-refractivity contribution in [1.82, 2.24) is 5.32 Å². The highest BCUT2D eigenvalue weighted by Gasteiger charge is 2.27. The van der Waals surface area contributed by atoms with Gasteiger partial charge in [0, 0.05) is 13.0 Å². The molecule has 2 heterocycles. The van der Waals surface area contributed by atoms with E-state index in [9.17, 15) is 13.2 Å². The Morgan fingerprint density at radius 1 is 1.26 bits per heavy atom. The third-order valence-corrected chi connectivity index (χ3v) is 6.12. The molecule has 1 unspecified atom stereocenters. The van der Waals surface area contributed by atoms with Crippen LogP contribution in [0.5, 0.6) is 11.5 Å². The quantitative estimate of drug-likeness (QED) is 0.844. The minimum Gasteiger partial charge on any atom is -0.454 e. The Morgan fingerprint density at radius 2 is 2.09 bits per heavy atom. The van der Waals surface area contributed by atoms with Crippen molar-refractivity contribution in [2.45, 2.75) is 25.7 Å². The highest BCUT2D eigenvalue weighted by Crippen LogP contribution is 2.32. The van der Waals surface area contributed by atoms with Crippen molar-refractivity contribution in [3.05, 3.63) is 23.8 Å². The van der Waals surface area contributed by atoms with Crippen molar-refractivity contribution in [2.75, 3.05) is 24.8 Å². The Kier molecular flexibility index (Phi) is 4.75. The van der Waals surface area contributed by atoms with E-state index >= 15 is 0 Å². The fourth-order valence-electron chi connectivity index (χ4n) is 2.97. The van der Waals surface area contributed by atoms with E-state index in [0.29, 0.717) is 25.8 Å². The molecule has 1 aromatic rings. The summed E-state index contributed by atoms with van der Waals surface area (Å²) in [6, 6.07) is 5.76. The molecule has 1 saturated heterocycles. The number of sulfone groups is 1. The summed E-state index contributed by atoms with van der Waals surface area (Å²) in [5, 5.41) is 2.88. The van der Waals surface area contributed by atoms with Crippen LogP contribution in [0.15, 0.2) is 18.2 Å². The van der Waals surface area contributed by atoms with Gasteiger partial charge in [-0.2, -0.15) is 0 Å². The van der Waals surface area contributed by atoms with Crippen LogP contribution in [0.25, 0.3) is 0 Å². The minimum atomic E-state index is -2.86. The molecule has 23 heavy (non-hydrogen) atoms. The van der Waals surface area contributed by atoms with Crippen LogP contribution in [0.1, 0.15) is 24.8 Å². The van der Waals surface area contributed by atoms with Gasteiger partial charge < -0.3 is 14.8 Å². The number of amides is 1. The molecular weight excluding hydrogens is 318 g/mol. The van der Waals surface area contributed by atoms with E-state index in [-0.39, 0.29) is 30.1 Å². The number of carbonyl (C=O) groups is 1. The van der Waals surface area contributed by atoms with E-state index in [4.69, 9.17) is 9.47 Å². The van der Waals surface area contributed by atoms with Crippen molar-refractivity contribution in [1.29, 1.82) is 0 Å². The molecule has 1 amide bonds. The molecule has 2 aliphatic rings. The standard InChI is InChI=1S/C16H21NO5S/c18-16(4-2-13-6-8-23(19,20)10-13)17-7-5-12-1-3-14-15(9-12)22-11-21-14/h1,3,9,13H,2,4-8,10-11H2,(H,17,18). The summed E-state index contributed by atoms with van der Waals surface area (Å²) in [4.78, 5) is 11.8. The lowest BCUT2D eigenvalue weighted by molar-refractivity contribution is -0.121. The lowest BCUT2D eigenvalue weighted by Gasteiger charge is -2.08. The molecular formula is C16H21NO5S. The van der Waals surface area contributed by atoms with Crippen LogP contribution in [0.3, 0.4) is 0 Å². The number of hydrogen-bond acceptors (Lipinski definition) is 5. The first-order valence-electron chi connectivity index (χ1n) is 7.87. The Bertz CT molecular complexity index is 686. The fraction of sp³-hybridized carbons (Fsp3) is 0.562. The fourth-order valence-corrected chi connectivity index (χ4v) is 4.88. The van der Waals surface area contributed by atoms with Gasteiger partial charge in [-0.05, 0) is 42.9 Å². The Balaban J connectivity index is 1.36. The molecule has 1 fully saturated rings. The lowest BCUT2D eigenvalue weighted by Crippen LogP contribution is -2.26. The molecule has 1 N–H and O–H groups in total. The molecule has 7 heteroatoms. The van der Waals surface area contributed by atoms with Crippen molar-refractivity contribution in [3.63, 3.8) is 0 Å². The summed E-state index contributed by atoms with van der Waals surface area (Å²) >= 11 is 0. The van der Waals surface area contributed by atoms with Crippen molar-refractivity contribution in [2.24, 2.45) is 5.92 Å². The maximum Gasteiger partial charge on any atom is 0.231 e. The van der Waals surface area contributed by atoms with Crippen LogP contribution in [-0.4, -0.2) is 39.2 Å². The molecule has 0 bridgehead atoms. The normalized spacial score (nSPS) is 21.3. The molecule has 3 rings (SSSR count). The number of carbonyl (C=O) groups excluding carboxylic acids is 1. The number of hydrogen-bond donors (Lipinski definition) is 1. The van der Waals surface area contributed by atoms with Gasteiger partial charge in [0.05, 0.1) is 11.5 Å². The van der Waals surface area contributed by atoms with Gasteiger partial charge in [-0.25, -0.2) is 8.42 Å². The molecule has 126 valence electrons.